The van der Waals surface area contributed by atoms with Crippen LogP contribution < -0.4 is 15.0 Å². The summed E-state index contributed by atoms with van der Waals surface area (Å²) in [6.45, 7) is 8.90. The van der Waals surface area contributed by atoms with Gasteiger partial charge >= 0.3 is 6.18 Å². The lowest BCUT2D eigenvalue weighted by molar-refractivity contribution is -0.145. The highest BCUT2D eigenvalue weighted by atomic mass is 19.4. The number of rotatable bonds is 7. The topological polar surface area (TPSA) is 57.7 Å². The zero-order valence-electron chi connectivity index (χ0n) is 22.1. The number of pyridine rings is 1. The number of amides is 1. The van der Waals surface area contributed by atoms with E-state index in [-0.39, 0.29) is 17.9 Å². The maximum Gasteiger partial charge on any atom is 0.416 e. The standard InChI is InChI=1S/C28H37F3N4O2/c1-19(2)27(9-7-23(17-27)33-18-21-5-6-24(37-4)20(3)15-21)26(36)35-13-11-34(12-14-35)25-16-22(8-10-32-25)28(29,30)31/h5-6,8,10,15-16,19,23,33H,7,9,11-14,17-18H2,1-4H3/t23-,27+/m1/s1. The molecule has 2 aromatic rings. The Hall–Kier alpha value is -2.81. The summed E-state index contributed by atoms with van der Waals surface area (Å²) in [4.78, 5) is 21.7. The molecule has 0 spiro atoms. The lowest BCUT2D eigenvalue weighted by Gasteiger charge is -2.42. The molecule has 0 radical (unpaired) electrons. The third-order valence-electron chi connectivity index (χ3n) is 8.10. The molecular weight excluding hydrogens is 481 g/mol. The van der Waals surface area contributed by atoms with E-state index in [9.17, 15) is 18.0 Å². The molecule has 37 heavy (non-hydrogen) atoms. The Morgan fingerprint density at radius 2 is 1.92 bits per heavy atom. The first-order valence-electron chi connectivity index (χ1n) is 13.0. The van der Waals surface area contributed by atoms with E-state index in [2.05, 4.69) is 36.3 Å². The van der Waals surface area contributed by atoms with Crippen LogP contribution in [0.1, 0.15) is 49.8 Å². The van der Waals surface area contributed by atoms with E-state index in [1.54, 1.807) is 7.11 Å². The molecule has 2 fully saturated rings. The lowest BCUT2D eigenvalue weighted by Crippen LogP contribution is -2.54. The summed E-state index contributed by atoms with van der Waals surface area (Å²) in [5, 5.41) is 3.66. The molecule has 1 aromatic heterocycles. The molecule has 0 unspecified atom stereocenters. The van der Waals surface area contributed by atoms with Crippen molar-refractivity contribution in [1.29, 1.82) is 0 Å². The first-order chi connectivity index (χ1) is 17.5. The number of alkyl halides is 3. The van der Waals surface area contributed by atoms with Crippen LogP contribution in [0, 0.1) is 18.3 Å². The number of benzene rings is 1. The number of methoxy groups -OCH3 is 1. The van der Waals surface area contributed by atoms with Crippen molar-refractivity contribution in [2.24, 2.45) is 11.3 Å². The first kappa shape index (κ1) is 27.2. The number of carbonyl (C=O) groups excluding carboxylic acids is 1. The van der Waals surface area contributed by atoms with Crippen LogP contribution in [0.4, 0.5) is 19.0 Å². The summed E-state index contributed by atoms with van der Waals surface area (Å²) in [5.41, 5.74) is 1.15. The second-order valence-corrected chi connectivity index (χ2v) is 10.6. The minimum absolute atomic E-state index is 0.170. The molecule has 1 amide bonds. The van der Waals surface area contributed by atoms with Crippen molar-refractivity contribution in [3.8, 4) is 5.75 Å². The number of hydrogen-bond acceptors (Lipinski definition) is 5. The first-order valence-corrected chi connectivity index (χ1v) is 13.0. The second-order valence-electron chi connectivity index (χ2n) is 10.6. The highest BCUT2D eigenvalue weighted by molar-refractivity contribution is 5.84. The van der Waals surface area contributed by atoms with Gasteiger partial charge in [0.25, 0.3) is 0 Å². The highest BCUT2D eigenvalue weighted by Crippen LogP contribution is 2.46. The minimum atomic E-state index is -4.40. The van der Waals surface area contributed by atoms with E-state index in [0.29, 0.717) is 32.0 Å². The van der Waals surface area contributed by atoms with E-state index in [0.717, 1.165) is 49.3 Å². The molecule has 1 aliphatic heterocycles. The van der Waals surface area contributed by atoms with Gasteiger partial charge in [0, 0.05) is 45.0 Å². The number of piperazine rings is 1. The molecule has 1 aromatic carbocycles. The average Bonchev–Trinajstić information content (AvgIpc) is 3.33. The normalized spacial score (nSPS) is 22.5. The lowest BCUT2D eigenvalue weighted by atomic mass is 9.74. The van der Waals surface area contributed by atoms with Gasteiger partial charge in [-0.1, -0.05) is 26.0 Å². The molecule has 2 heterocycles. The number of nitrogens with zero attached hydrogens (tertiary/aromatic N) is 3. The number of carbonyl (C=O) groups is 1. The molecule has 2 aliphatic rings. The molecule has 6 nitrogen and oxygen atoms in total. The largest absolute Gasteiger partial charge is 0.496 e. The number of aromatic nitrogens is 1. The van der Waals surface area contributed by atoms with Crippen LogP contribution in [0.2, 0.25) is 0 Å². The Morgan fingerprint density at radius 1 is 1.19 bits per heavy atom. The summed E-state index contributed by atoms with van der Waals surface area (Å²) in [6, 6.07) is 8.50. The monoisotopic (exact) mass is 518 g/mol. The fourth-order valence-electron chi connectivity index (χ4n) is 5.75. The molecule has 1 saturated heterocycles. The molecular formula is C28H37F3N4O2. The Labute approximate surface area is 217 Å². The van der Waals surface area contributed by atoms with Crippen LogP contribution in [0.15, 0.2) is 36.5 Å². The van der Waals surface area contributed by atoms with E-state index >= 15 is 0 Å². The fraction of sp³-hybridized carbons (Fsp3) is 0.571. The van der Waals surface area contributed by atoms with Gasteiger partial charge in [0.2, 0.25) is 5.91 Å². The SMILES string of the molecule is COc1ccc(CN[C@@H]2CC[C@@](C(=O)N3CCN(c4cc(C(F)(F)F)ccn4)CC3)(C(C)C)C2)cc1C. The maximum absolute atomic E-state index is 13.8. The quantitative estimate of drug-likeness (QED) is 0.556. The minimum Gasteiger partial charge on any atom is -0.496 e. The van der Waals surface area contributed by atoms with Gasteiger partial charge in [0.1, 0.15) is 11.6 Å². The van der Waals surface area contributed by atoms with Gasteiger partial charge in [-0.05, 0) is 61.4 Å². The average molecular weight is 519 g/mol. The molecule has 1 saturated carbocycles. The van der Waals surface area contributed by atoms with E-state index < -0.39 is 17.2 Å². The third kappa shape index (κ3) is 5.87. The summed E-state index contributed by atoms with van der Waals surface area (Å²) in [6.07, 6.45) is -0.653. The molecule has 2 atom stereocenters. The Morgan fingerprint density at radius 3 is 2.54 bits per heavy atom. The van der Waals surface area contributed by atoms with Crippen LogP contribution in [0.25, 0.3) is 0 Å². The van der Waals surface area contributed by atoms with Gasteiger partial charge in [-0.15, -0.1) is 0 Å². The summed E-state index contributed by atoms with van der Waals surface area (Å²) in [7, 11) is 1.67. The smallest absolute Gasteiger partial charge is 0.416 e. The number of aryl methyl sites for hydroxylation is 1. The summed E-state index contributed by atoms with van der Waals surface area (Å²) < 4.78 is 44.7. The fourth-order valence-corrected chi connectivity index (χ4v) is 5.75. The molecule has 4 rings (SSSR count). The predicted molar refractivity (Wildman–Crippen MR) is 138 cm³/mol. The van der Waals surface area contributed by atoms with Gasteiger partial charge in [-0.2, -0.15) is 13.2 Å². The number of hydrogen-bond donors (Lipinski definition) is 1. The van der Waals surface area contributed by atoms with E-state index in [4.69, 9.17) is 4.74 Å². The predicted octanol–water partition coefficient (Wildman–Crippen LogP) is 5.05. The van der Waals surface area contributed by atoms with Crippen LogP contribution >= 0.6 is 0 Å². The maximum atomic E-state index is 13.8. The number of nitrogens with one attached hydrogen (secondary N) is 1. The van der Waals surface area contributed by atoms with Crippen LogP contribution in [0.5, 0.6) is 5.75 Å². The van der Waals surface area contributed by atoms with Gasteiger partial charge in [0.15, 0.2) is 0 Å². The van der Waals surface area contributed by atoms with Gasteiger partial charge in [0.05, 0.1) is 18.1 Å². The van der Waals surface area contributed by atoms with Crippen LogP contribution in [-0.4, -0.2) is 55.1 Å². The van der Waals surface area contributed by atoms with Crippen molar-refractivity contribution in [3.05, 3.63) is 53.2 Å². The molecule has 0 bridgehead atoms. The Balaban J connectivity index is 1.36. The van der Waals surface area contributed by atoms with E-state index in [1.807, 2.05) is 22.8 Å². The third-order valence-corrected chi connectivity index (χ3v) is 8.10. The molecule has 202 valence electrons. The number of ether oxygens (including phenoxy) is 1. The molecule has 9 heteroatoms. The Bertz CT molecular complexity index is 1100. The molecule has 1 N–H and O–H groups in total. The van der Waals surface area contributed by atoms with Crippen molar-refractivity contribution < 1.29 is 22.7 Å². The van der Waals surface area contributed by atoms with Crippen molar-refractivity contribution in [3.63, 3.8) is 0 Å². The van der Waals surface area contributed by atoms with E-state index in [1.165, 1.54) is 11.8 Å². The van der Waals surface area contributed by atoms with Crippen molar-refractivity contribution in [2.75, 3.05) is 38.2 Å². The summed E-state index contributed by atoms with van der Waals surface area (Å²) >= 11 is 0. The highest BCUT2D eigenvalue weighted by Gasteiger charge is 2.49. The van der Waals surface area contributed by atoms with Crippen LogP contribution in [0.3, 0.4) is 0 Å². The summed E-state index contributed by atoms with van der Waals surface area (Å²) in [5.74, 6) is 1.54. The zero-order valence-corrected chi connectivity index (χ0v) is 22.1. The van der Waals surface area contributed by atoms with Gasteiger partial charge in [-0.3, -0.25) is 4.79 Å². The van der Waals surface area contributed by atoms with Crippen molar-refractivity contribution in [2.45, 2.75) is 58.8 Å². The number of anilines is 1. The second kappa shape index (κ2) is 10.9. The van der Waals surface area contributed by atoms with Gasteiger partial charge in [-0.25, -0.2) is 4.98 Å². The van der Waals surface area contributed by atoms with Crippen LogP contribution in [-0.2, 0) is 17.5 Å². The zero-order chi connectivity index (χ0) is 26.8. The Kier molecular flexibility index (Phi) is 8.02. The number of halogens is 3. The van der Waals surface area contributed by atoms with Crippen molar-refractivity contribution >= 4 is 11.7 Å². The van der Waals surface area contributed by atoms with Crippen molar-refractivity contribution in [1.82, 2.24) is 15.2 Å². The molecule has 1 aliphatic carbocycles. The van der Waals surface area contributed by atoms with Gasteiger partial charge < -0.3 is 19.9 Å².